The highest BCUT2D eigenvalue weighted by Gasteiger charge is 2.14. The van der Waals surface area contributed by atoms with Gasteiger partial charge in [-0.15, -0.1) is 0 Å². The largest absolute Gasteiger partial charge is 0.314 e. The first kappa shape index (κ1) is 13.3. The molecule has 4 nitrogen and oxygen atoms in total. The zero-order valence-corrected chi connectivity index (χ0v) is 11.9. The molecule has 2 heterocycles. The van der Waals surface area contributed by atoms with Crippen molar-refractivity contribution in [2.75, 3.05) is 6.54 Å². The summed E-state index contributed by atoms with van der Waals surface area (Å²) in [6, 6.07) is 8.43. The molecule has 106 valence electrons. The molecular weight excluding hydrogens is 250 g/mol. The molecule has 20 heavy (non-hydrogen) atoms. The maximum absolute atomic E-state index is 12.3. The maximum Gasteiger partial charge on any atom is 0.272 e. The summed E-state index contributed by atoms with van der Waals surface area (Å²) < 4.78 is 1.88. The number of para-hydroxylation sites is 2. The van der Waals surface area contributed by atoms with Gasteiger partial charge in [0.25, 0.3) is 5.56 Å². The zero-order valence-electron chi connectivity index (χ0n) is 11.9. The van der Waals surface area contributed by atoms with Crippen molar-refractivity contribution in [3.8, 4) is 0 Å². The average molecular weight is 271 g/mol. The fourth-order valence-electron chi connectivity index (χ4n) is 3.00. The fourth-order valence-corrected chi connectivity index (χ4v) is 3.00. The number of hydrogen-bond donors (Lipinski definition) is 1. The van der Waals surface area contributed by atoms with Crippen molar-refractivity contribution >= 4 is 11.0 Å². The van der Waals surface area contributed by atoms with Crippen molar-refractivity contribution in [3.05, 3.63) is 40.3 Å². The van der Waals surface area contributed by atoms with Gasteiger partial charge in [0, 0.05) is 12.6 Å². The summed E-state index contributed by atoms with van der Waals surface area (Å²) in [5.74, 6) is 0. The van der Waals surface area contributed by atoms with E-state index in [4.69, 9.17) is 0 Å². The predicted octanol–water partition coefficient (Wildman–Crippen LogP) is 2.24. The van der Waals surface area contributed by atoms with Crippen LogP contribution in [-0.2, 0) is 6.54 Å². The van der Waals surface area contributed by atoms with Crippen LogP contribution < -0.4 is 10.9 Å². The highest BCUT2D eigenvalue weighted by atomic mass is 16.1. The molecule has 1 aliphatic heterocycles. The summed E-state index contributed by atoms with van der Waals surface area (Å²) in [7, 11) is 0. The molecule has 1 aromatic carbocycles. The lowest BCUT2D eigenvalue weighted by molar-refractivity contribution is 0.366. The van der Waals surface area contributed by atoms with Crippen LogP contribution in [0.15, 0.2) is 29.1 Å². The van der Waals surface area contributed by atoms with Crippen molar-refractivity contribution in [1.29, 1.82) is 0 Å². The first-order chi connectivity index (χ1) is 9.75. The van der Waals surface area contributed by atoms with Crippen molar-refractivity contribution in [2.45, 2.75) is 45.2 Å². The Bertz CT molecular complexity index is 656. The topological polar surface area (TPSA) is 46.9 Å². The van der Waals surface area contributed by atoms with Crippen LogP contribution in [0.25, 0.3) is 11.0 Å². The second-order valence-electron chi connectivity index (χ2n) is 5.58. The summed E-state index contributed by atoms with van der Waals surface area (Å²) >= 11 is 0. The smallest absolute Gasteiger partial charge is 0.272 e. The van der Waals surface area contributed by atoms with Gasteiger partial charge < -0.3 is 9.88 Å². The first-order valence-corrected chi connectivity index (χ1v) is 7.45. The molecule has 1 aromatic heterocycles. The molecule has 3 rings (SSSR count). The normalized spacial score (nSPS) is 19.4. The maximum atomic E-state index is 12.3. The van der Waals surface area contributed by atoms with Crippen molar-refractivity contribution in [3.63, 3.8) is 0 Å². The van der Waals surface area contributed by atoms with Crippen LogP contribution in [0.5, 0.6) is 0 Å². The lowest BCUT2D eigenvalue weighted by Gasteiger charge is -2.24. The zero-order chi connectivity index (χ0) is 13.9. The van der Waals surface area contributed by atoms with Crippen LogP contribution >= 0.6 is 0 Å². The van der Waals surface area contributed by atoms with Gasteiger partial charge >= 0.3 is 0 Å². The van der Waals surface area contributed by atoms with Gasteiger partial charge in [0.15, 0.2) is 0 Å². The van der Waals surface area contributed by atoms with Gasteiger partial charge in [-0.2, -0.15) is 0 Å². The molecule has 0 saturated carbocycles. The summed E-state index contributed by atoms with van der Waals surface area (Å²) in [5.41, 5.74) is 2.47. The molecule has 0 aliphatic carbocycles. The third-order valence-corrected chi connectivity index (χ3v) is 4.13. The SMILES string of the molecule is Cc1nc2ccccc2n(CCC2CCCCN2)c1=O. The molecule has 1 unspecified atom stereocenters. The standard InChI is InChI=1S/C16H21N3O/c1-12-16(20)19(11-9-13-6-4-5-10-17-13)15-8-3-2-7-14(15)18-12/h2-3,7-8,13,17H,4-6,9-11H2,1H3. The van der Waals surface area contributed by atoms with Crippen LogP contribution in [-0.4, -0.2) is 22.1 Å². The highest BCUT2D eigenvalue weighted by molar-refractivity contribution is 5.74. The average Bonchev–Trinajstić information content (AvgIpc) is 2.49. The quantitative estimate of drug-likeness (QED) is 0.931. The van der Waals surface area contributed by atoms with Gasteiger partial charge in [-0.25, -0.2) is 4.98 Å². The Balaban J connectivity index is 1.89. The lowest BCUT2D eigenvalue weighted by Crippen LogP contribution is -2.36. The Kier molecular flexibility index (Phi) is 3.83. The Hall–Kier alpha value is -1.68. The number of benzene rings is 1. The third kappa shape index (κ3) is 2.61. The lowest BCUT2D eigenvalue weighted by atomic mass is 10.0. The van der Waals surface area contributed by atoms with Crippen molar-refractivity contribution in [1.82, 2.24) is 14.9 Å². The summed E-state index contributed by atoms with van der Waals surface area (Å²) in [5, 5.41) is 3.54. The van der Waals surface area contributed by atoms with E-state index in [-0.39, 0.29) is 5.56 Å². The van der Waals surface area contributed by atoms with Crippen molar-refractivity contribution in [2.24, 2.45) is 0 Å². The molecular formula is C16H21N3O. The van der Waals surface area contributed by atoms with E-state index < -0.39 is 0 Å². The second kappa shape index (κ2) is 5.75. The summed E-state index contributed by atoms with van der Waals surface area (Å²) in [6.07, 6.45) is 4.79. The fraction of sp³-hybridized carbons (Fsp3) is 0.500. The molecule has 0 spiro atoms. The number of rotatable bonds is 3. The van der Waals surface area contributed by atoms with Crippen LogP contribution in [0.2, 0.25) is 0 Å². The number of piperidine rings is 1. The van der Waals surface area contributed by atoms with Crippen LogP contribution in [0.4, 0.5) is 0 Å². The van der Waals surface area contributed by atoms with E-state index >= 15 is 0 Å². The van der Waals surface area contributed by atoms with Gasteiger partial charge in [-0.3, -0.25) is 4.79 Å². The van der Waals surface area contributed by atoms with E-state index in [0.29, 0.717) is 11.7 Å². The number of aryl methyl sites for hydroxylation is 2. The predicted molar refractivity (Wildman–Crippen MR) is 81.0 cm³/mol. The Morgan fingerprint density at radius 3 is 3.00 bits per heavy atom. The van der Waals surface area contributed by atoms with E-state index in [0.717, 1.165) is 30.5 Å². The molecule has 0 bridgehead atoms. The molecule has 1 aliphatic rings. The number of nitrogens with one attached hydrogen (secondary N) is 1. The van der Waals surface area contributed by atoms with Crippen LogP contribution in [0, 0.1) is 6.92 Å². The van der Waals surface area contributed by atoms with Gasteiger partial charge in [-0.05, 0) is 44.9 Å². The minimum absolute atomic E-state index is 0.0412. The Labute approximate surface area is 118 Å². The number of hydrogen-bond acceptors (Lipinski definition) is 3. The molecule has 4 heteroatoms. The number of aromatic nitrogens is 2. The molecule has 0 radical (unpaired) electrons. The van der Waals surface area contributed by atoms with E-state index in [2.05, 4.69) is 10.3 Å². The van der Waals surface area contributed by atoms with Crippen LogP contribution in [0.3, 0.4) is 0 Å². The molecule has 1 N–H and O–H groups in total. The van der Waals surface area contributed by atoms with Gasteiger partial charge in [0.2, 0.25) is 0 Å². The Morgan fingerprint density at radius 2 is 2.20 bits per heavy atom. The summed E-state index contributed by atoms with van der Waals surface area (Å²) in [6.45, 7) is 3.67. The van der Waals surface area contributed by atoms with Gasteiger partial charge in [0.1, 0.15) is 5.69 Å². The molecule has 2 aromatic rings. The van der Waals surface area contributed by atoms with Gasteiger partial charge in [-0.1, -0.05) is 18.6 Å². The van der Waals surface area contributed by atoms with E-state index in [9.17, 15) is 4.79 Å². The highest BCUT2D eigenvalue weighted by Crippen LogP contribution is 2.14. The monoisotopic (exact) mass is 271 g/mol. The van der Waals surface area contributed by atoms with E-state index in [1.807, 2.05) is 28.8 Å². The Morgan fingerprint density at radius 1 is 1.35 bits per heavy atom. The molecule has 1 fully saturated rings. The molecule has 1 saturated heterocycles. The van der Waals surface area contributed by atoms with Gasteiger partial charge in [0.05, 0.1) is 11.0 Å². The van der Waals surface area contributed by atoms with Crippen LogP contribution in [0.1, 0.15) is 31.4 Å². The van der Waals surface area contributed by atoms with E-state index in [1.54, 1.807) is 6.92 Å². The third-order valence-electron chi connectivity index (χ3n) is 4.13. The number of fused-ring (bicyclic) bond motifs is 1. The minimum Gasteiger partial charge on any atom is -0.314 e. The van der Waals surface area contributed by atoms with E-state index in [1.165, 1.54) is 19.3 Å². The number of nitrogens with zero attached hydrogens (tertiary/aromatic N) is 2. The molecule has 0 amide bonds. The molecule has 1 atom stereocenters. The van der Waals surface area contributed by atoms with Crippen molar-refractivity contribution < 1.29 is 0 Å². The summed E-state index contributed by atoms with van der Waals surface area (Å²) in [4.78, 5) is 16.7. The second-order valence-corrected chi connectivity index (χ2v) is 5.58. The minimum atomic E-state index is 0.0412. The first-order valence-electron chi connectivity index (χ1n) is 7.45.